The summed E-state index contributed by atoms with van der Waals surface area (Å²) in [4.78, 5) is 15.2. The Bertz CT molecular complexity index is 631. The fraction of sp³-hybridized carbons (Fsp3) is 0.214. The Kier molecular flexibility index (Phi) is 4.58. The largest absolute Gasteiger partial charge is 0.396 e. The molecule has 0 spiro atoms. The average Bonchev–Trinajstić information content (AvgIpc) is 2.80. The van der Waals surface area contributed by atoms with Crippen molar-refractivity contribution in [3.05, 3.63) is 49.6 Å². The zero-order valence-electron chi connectivity index (χ0n) is 11.1. The number of carbonyl (C=O) groups is 1. The number of hydrogen-bond donors (Lipinski definition) is 1. The number of aryl methyl sites for hydroxylation is 1. The van der Waals surface area contributed by atoms with Crippen LogP contribution < -0.4 is 5.73 Å². The molecule has 2 rings (SSSR count). The molecule has 2 N–H and O–H groups in total. The standard InChI is InChI=1S/C14H14Cl2N2OS/c1-8-3-4-20-12(8)7-18(2)14(19)9-5-10(15)13(17)11(16)6-9/h3-6H,7,17H2,1-2H3. The molecule has 0 aliphatic carbocycles. The van der Waals surface area contributed by atoms with Crippen molar-refractivity contribution in [3.63, 3.8) is 0 Å². The number of nitrogens with two attached hydrogens (primary N) is 1. The van der Waals surface area contributed by atoms with Crippen molar-refractivity contribution in [2.24, 2.45) is 0 Å². The van der Waals surface area contributed by atoms with E-state index >= 15 is 0 Å². The lowest BCUT2D eigenvalue weighted by Crippen LogP contribution is -2.26. The van der Waals surface area contributed by atoms with Crippen LogP contribution in [0.15, 0.2) is 23.6 Å². The lowest BCUT2D eigenvalue weighted by molar-refractivity contribution is 0.0786. The second kappa shape index (κ2) is 6.04. The molecule has 0 bridgehead atoms. The third-order valence-electron chi connectivity index (χ3n) is 3.02. The van der Waals surface area contributed by atoms with Crippen molar-refractivity contribution < 1.29 is 4.79 Å². The van der Waals surface area contributed by atoms with Crippen molar-refractivity contribution in [2.45, 2.75) is 13.5 Å². The van der Waals surface area contributed by atoms with Crippen LogP contribution in [0, 0.1) is 6.92 Å². The summed E-state index contributed by atoms with van der Waals surface area (Å²) < 4.78 is 0. The summed E-state index contributed by atoms with van der Waals surface area (Å²) in [5.74, 6) is -0.137. The van der Waals surface area contributed by atoms with Crippen LogP contribution in [-0.4, -0.2) is 17.9 Å². The first-order valence-corrected chi connectivity index (χ1v) is 7.56. The Labute approximate surface area is 131 Å². The molecule has 1 aromatic carbocycles. The van der Waals surface area contributed by atoms with Crippen LogP contribution in [0.25, 0.3) is 0 Å². The Balaban J connectivity index is 2.21. The molecule has 0 fully saturated rings. The zero-order chi connectivity index (χ0) is 14.9. The number of hydrogen-bond acceptors (Lipinski definition) is 3. The molecule has 1 heterocycles. The van der Waals surface area contributed by atoms with Gasteiger partial charge in [-0.25, -0.2) is 0 Å². The highest BCUT2D eigenvalue weighted by Crippen LogP contribution is 2.29. The van der Waals surface area contributed by atoms with Gasteiger partial charge in [0.1, 0.15) is 0 Å². The monoisotopic (exact) mass is 328 g/mol. The third kappa shape index (κ3) is 3.08. The van der Waals surface area contributed by atoms with Gasteiger partial charge in [0.05, 0.1) is 22.3 Å². The molecule has 0 atom stereocenters. The number of benzene rings is 1. The van der Waals surface area contributed by atoms with Gasteiger partial charge in [-0.2, -0.15) is 0 Å². The lowest BCUT2D eigenvalue weighted by Gasteiger charge is -2.17. The van der Waals surface area contributed by atoms with Gasteiger partial charge >= 0.3 is 0 Å². The van der Waals surface area contributed by atoms with Gasteiger partial charge in [-0.3, -0.25) is 4.79 Å². The topological polar surface area (TPSA) is 46.3 Å². The van der Waals surface area contributed by atoms with Gasteiger partial charge in [-0.1, -0.05) is 23.2 Å². The van der Waals surface area contributed by atoms with E-state index in [1.807, 2.05) is 18.4 Å². The van der Waals surface area contributed by atoms with Crippen LogP contribution in [0.4, 0.5) is 5.69 Å². The molecule has 0 aliphatic heterocycles. The van der Waals surface area contributed by atoms with E-state index in [0.29, 0.717) is 27.8 Å². The lowest BCUT2D eigenvalue weighted by atomic mass is 10.1. The van der Waals surface area contributed by atoms with E-state index in [-0.39, 0.29) is 5.91 Å². The molecule has 0 unspecified atom stereocenters. The molecule has 2 aromatic rings. The molecular weight excluding hydrogens is 315 g/mol. The molecule has 3 nitrogen and oxygen atoms in total. The molecular formula is C14H14Cl2N2OS. The fourth-order valence-corrected chi connectivity index (χ4v) is 3.23. The van der Waals surface area contributed by atoms with Crippen molar-refractivity contribution in [3.8, 4) is 0 Å². The van der Waals surface area contributed by atoms with E-state index in [1.165, 1.54) is 5.56 Å². The SMILES string of the molecule is Cc1ccsc1CN(C)C(=O)c1cc(Cl)c(N)c(Cl)c1. The maximum absolute atomic E-state index is 12.4. The normalized spacial score (nSPS) is 10.6. The number of carbonyl (C=O) groups excluding carboxylic acids is 1. The minimum absolute atomic E-state index is 0.137. The maximum atomic E-state index is 12.4. The summed E-state index contributed by atoms with van der Waals surface area (Å²) in [5, 5.41) is 2.60. The molecule has 0 saturated carbocycles. The fourth-order valence-electron chi connectivity index (χ4n) is 1.78. The third-order valence-corrected chi connectivity index (χ3v) is 4.65. The van der Waals surface area contributed by atoms with E-state index in [9.17, 15) is 4.79 Å². The number of halogens is 2. The first-order chi connectivity index (χ1) is 9.40. The highest BCUT2D eigenvalue weighted by molar-refractivity contribution is 7.10. The summed E-state index contributed by atoms with van der Waals surface area (Å²) in [6.45, 7) is 2.59. The smallest absolute Gasteiger partial charge is 0.254 e. The van der Waals surface area contributed by atoms with Gasteiger partial charge in [0.15, 0.2) is 0 Å². The van der Waals surface area contributed by atoms with Crippen LogP contribution >= 0.6 is 34.5 Å². The van der Waals surface area contributed by atoms with E-state index in [0.717, 1.165) is 4.88 Å². The maximum Gasteiger partial charge on any atom is 0.254 e. The molecule has 0 aliphatic rings. The van der Waals surface area contributed by atoms with Gasteiger partial charge in [0, 0.05) is 17.5 Å². The van der Waals surface area contributed by atoms with Gasteiger partial charge in [0.25, 0.3) is 5.91 Å². The number of nitrogen functional groups attached to an aromatic ring is 1. The van der Waals surface area contributed by atoms with E-state index in [2.05, 4.69) is 0 Å². The van der Waals surface area contributed by atoms with Gasteiger partial charge < -0.3 is 10.6 Å². The number of amides is 1. The van der Waals surface area contributed by atoms with Crippen molar-refractivity contribution in [1.29, 1.82) is 0 Å². The Morgan fingerprint density at radius 2 is 1.95 bits per heavy atom. The van der Waals surface area contributed by atoms with Crippen LogP contribution in [0.5, 0.6) is 0 Å². The molecule has 0 saturated heterocycles. The van der Waals surface area contributed by atoms with Crippen LogP contribution in [-0.2, 0) is 6.54 Å². The molecule has 1 amide bonds. The number of nitrogens with zero attached hydrogens (tertiary/aromatic N) is 1. The van der Waals surface area contributed by atoms with Crippen LogP contribution in [0.3, 0.4) is 0 Å². The van der Waals surface area contributed by atoms with E-state index < -0.39 is 0 Å². The highest BCUT2D eigenvalue weighted by atomic mass is 35.5. The summed E-state index contributed by atoms with van der Waals surface area (Å²) in [7, 11) is 1.75. The van der Waals surface area contributed by atoms with Crippen LogP contribution in [0.1, 0.15) is 20.8 Å². The van der Waals surface area contributed by atoms with Crippen molar-refractivity contribution in [1.82, 2.24) is 4.90 Å². The molecule has 6 heteroatoms. The van der Waals surface area contributed by atoms with Gasteiger partial charge in [0.2, 0.25) is 0 Å². The first-order valence-electron chi connectivity index (χ1n) is 5.93. The molecule has 1 aromatic heterocycles. The van der Waals surface area contributed by atoms with Gasteiger partial charge in [-0.05, 0) is 36.1 Å². The minimum Gasteiger partial charge on any atom is -0.396 e. The average molecular weight is 329 g/mol. The predicted octanol–water partition coefficient (Wildman–Crippen LogP) is 4.22. The second-order valence-corrected chi connectivity index (χ2v) is 6.36. The number of anilines is 1. The summed E-state index contributed by atoms with van der Waals surface area (Å²) in [6, 6.07) is 5.13. The number of thiophene rings is 1. The molecule has 0 radical (unpaired) electrons. The quantitative estimate of drug-likeness (QED) is 0.857. The first kappa shape index (κ1) is 15.2. The van der Waals surface area contributed by atoms with Gasteiger partial charge in [-0.15, -0.1) is 11.3 Å². The predicted molar refractivity (Wildman–Crippen MR) is 85.7 cm³/mol. The zero-order valence-corrected chi connectivity index (χ0v) is 13.4. The minimum atomic E-state index is -0.137. The van der Waals surface area contributed by atoms with E-state index in [4.69, 9.17) is 28.9 Å². The summed E-state index contributed by atoms with van der Waals surface area (Å²) in [5.41, 5.74) is 7.58. The summed E-state index contributed by atoms with van der Waals surface area (Å²) in [6.07, 6.45) is 0. The number of rotatable bonds is 3. The molecule has 20 heavy (non-hydrogen) atoms. The van der Waals surface area contributed by atoms with E-state index in [1.54, 1.807) is 35.4 Å². The Morgan fingerprint density at radius 3 is 2.45 bits per heavy atom. The van der Waals surface area contributed by atoms with Crippen LogP contribution in [0.2, 0.25) is 10.0 Å². The van der Waals surface area contributed by atoms with Crippen molar-refractivity contribution in [2.75, 3.05) is 12.8 Å². The molecule has 106 valence electrons. The second-order valence-electron chi connectivity index (χ2n) is 4.54. The highest BCUT2D eigenvalue weighted by Gasteiger charge is 2.16. The Hall–Kier alpha value is -1.23. The van der Waals surface area contributed by atoms with Crippen molar-refractivity contribution >= 4 is 46.1 Å². The summed E-state index contributed by atoms with van der Waals surface area (Å²) >= 11 is 13.5. The Morgan fingerprint density at radius 1 is 1.35 bits per heavy atom.